The first kappa shape index (κ1) is 16.6. The van der Waals surface area contributed by atoms with E-state index in [0.29, 0.717) is 29.4 Å². The fourth-order valence-corrected chi connectivity index (χ4v) is 3.46. The van der Waals surface area contributed by atoms with E-state index in [1.807, 2.05) is 44.2 Å². The molecule has 2 aromatic carbocycles. The third-order valence-corrected chi connectivity index (χ3v) is 4.54. The van der Waals surface area contributed by atoms with Crippen molar-refractivity contribution in [2.75, 3.05) is 19.2 Å². The van der Waals surface area contributed by atoms with Gasteiger partial charge in [0.2, 0.25) is 12.7 Å². The van der Waals surface area contributed by atoms with Gasteiger partial charge in [0, 0.05) is 29.7 Å². The molecular formula is C20H21NO5. The summed E-state index contributed by atoms with van der Waals surface area (Å²) in [7, 11) is 1.62. The van der Waals surface area contributed by atoms with Crippen LogP contribution in [0, 0.1) is 0 Å². The van der Waals surface area contributed by atoms with Gasteiger partial charge in [-0.05, 0) is 31.5 Å². The Balaban J connectivity index is 1.86. The number of ether oxygens (including phenoxy) is 4. The Morgan fingerprint density at radius 1 is 1.15 bits per heavy atom. The molecule has 0 radical (unpaired) electrons. The van der Waals surface area contributed by atoms with E-state index in [9.17, 15) is 4.79 Å². The van der Waals surface area contributed by atoms with Crippen molar-refractivity contribution >= 4 is 11.6 Å². The maximum atomic E-state index is 12.3. The van der Waals surface area contributed by atoms with E-state index in [0.717, 1.165) is 16.8 Å². The number of hydrogen-bond donors (Lipinski definition) is 1. The maximum absolute atomic E-state index is 12.3. The van der Waals surface area contributed by atoms with E-state index in [4.69, 9.17) is 18.9 Å². The zero-order valence-electron chi connectivity index (χ0n) is 15.0. The zero-order valence-corrected chi connectivity index (χ0v) is 15.0. The molecule has 1 N–H and O–H groups in total. The standard InChI is InChI=1S/C20H21NO5/c1-11(2)26-20-12(5-4-6-16(20)23-3)13-8-19(22)21-15-9-18-17(7-14(13)15)24-10-25-18/h4-7,9,11,13H,8,10H2,1-3H3,(H,21,22)/t13-/m1/s1. The summed E-state index contributed by atoms with van der Waals surface area (Å²) < 4.78 is 22.5. The normalized spacial score (nSPS) is 17.7. The lowest BCUT2D eigenvalue weighted by molar-refractivity contribution is -0.116. The Morgan fingerprint density at radius 2 is 1.92 bits per heavy atom. The average molecular weight is 355 g/mol. The molecule has 0 aromatic heterocycles. The second-order valence-electron chi connectivity index (χ2n) is 6.64. The Hall–Kier alpha value is -2.89. The molecule has 2 aliphatic heterocycles. The molecule has 1 atom stereocenters. The highest BCUT2D eigenvalue weighted by atomic mass is 16.7. The summed E-state index contributed by atoms with van der Waals surface area (Å²) in [5.74, 6) is 2.47. The summed E-state index contributed by atoms with van der Waals surface area (Å²) >= 11 is 0. The van der Waals surface area contributed by atoms with Crippen LogP contribution in [0.2, 0.25) is 0 Å². The van der Waals surface area contributed by atoms with Crippen molar-refractivity contribution in [3.8, 4) is 23.0 Å². The minimum atomic E-state index is -0.155. The minimum absolute atomic E-state index is 0.0151. The highest BCUT2D eigenvalue weighted by Gasteiger charge is 2.32. The van der Waals surface area contributed by atoms with Crippen molar-refractivity contribution in [1.82, 2.24) is 0 Å². The fourth-order valence-electron chi connectivity index (χ4n) is 3.46. The van der Waals surface area contributed by atoms with Gasteiger partial charge in [-0.3, -0.25) is 4.79 Å². The lowest BCUT2D eigenvalue weighted by Gasteiger charge is -2.28. The lowest BCUT2D eigenvalue weighted by Crippen LogP contribution is -2.24. The van der Waals surface area contributed by atoms with Crippen LogP contribution >= 0.6 is 0 Å². The Kier molecular flexibility index (Phi) is 4.11. The van der Waals surface area contributed by atoms with E-state index in [2.05, 4.69) is 5.32 Å². The molecule has 2 aromatic rings. The van der Waals surface area contributed by atoms with Crippen LogP contribution in [0.1, 0.15) is 37.3 Å². The van der Waals surface area contributed by atoms with E-state index in [-0.39, 0.29) is 24.7 Å². The summed E-state index contributed by atoms with van der Waals surface area (Å²) in [4.78, 5) is 12.3. The number of carbonyl (C=O) groups excluding carboxylic acids is 1. The number of para-hydroxylation sites is 1. The number of carbonyl (C=O) groups is 1. The molecule has 4 rings (SSSR count). The molecule has 6 heteroatoms. The second kappa shape index (κ2) is 6.44. The zero-order chi connectivity index (χ0) is 18.3. The van der Waals surface area contributed by atoms with E-state index in [1.54, 1.807) is 7.11 Å². The van der Waals surface area contributed by atoms with E-state index >= 15 is 0 Å². The SMILES string of the molecule is COc1cccc([C@H]2CC(=O)Nc3cc4c(cc32)OCO4)c1OC(C)C. The molecule has 1 amide bonds. The summed E-state index contributed by atoms with van der Waals surface area (Å²) in [6, 6.07) is 9.54. The van der Waals surface area contributed by atoms with Crippen molar-refractivity contribution in [2.24, 2.45) is 0 Å². The molecule has 0 aliphatic carbocycles. The summed E-state index contributed by atoms with van der Waals surface area (Å²) in [5.41, 5.74) is 2.65. The molecule has 26 heavy (non-hydrogen) atoms. The number of hydrogen-bond acceptors (Lipinski definition) is 5. The van der Waals surface area contributed by atoms with Crippen LogP contribution in [0.15, 0.2) is 30.3 Å². The largest absolute Gasteiger partial charge is 0.493 e. The molecule has 0 bridgehead atoms. The first-order chi connectivity index (χ1) is 12.6. The van der Waals surface area contributed by atoms with E-state index in [1.165, 1.54) is 0 Å². The number of benzene rings is 2. The highest BCUT2D eigenvalue weighted by molar-refractivity contribution is 5.96. The van der Waals surface area contributed by atoms with Crippen molar-refractivity contribution < 1.29 is 23.7 Å². The predicted molar refractivity (Wildman–Crippen MR) is 96.4 cm³/mol. The van der Waals surface area contributed by atoms with Gasteiger partial charge in [-0.2, -0.15) is 0 Å². The van der Waals surface area contributed by atoms with Gasteiger partial charge in [0.15, 0.2) is 23.0 Å². The van der Waals surface area contributed by atoms with Gasteiger partial charge in [-0.15, -0.1) is 0 Å². The van der Waals surface area contributed by atoms with Crippen LogP contribution in [0.5, 0.6) is 23.0 Å². The molecule has 0 fully saturated rings. The number of nitrogens with one attached hydrogen (secondary N) is 1. The molecule has 0 unspecified atom stereocenters. The molecule has 136 valence electrons. The second-order valence-corrected chi connectivity index (χ2v) is 6.64. The van der Waals surface area contributed by atoms with Crippen LogP contribution in [0.25, 0.3) is 0 Å². The maximum Gasteiger partial charge on any atom is 0.231 e. The number of methoxy groups -OCH3 is 1. The van der Waals surface area contributed by atoms with Crippen molar-refractivity contribution in [2.45, 2.75) is 32.3 Å². The molecule has 0 spiro atoms. The number of amides is 1. The monoisotopic (exact) mass is 355 g/mol. The van der Waals surface area contributed by atoms with Crippen molar-refractivity contribution in [3.63, 3.8) is 0 Å². The number of rotatable bonds is 4. The van der Waals surface area contributed by atoms with Crippen LogP contribution in [-0.2, 0) is 4.79 Å². The molecule has 0 saturated carbocycles. The Bertz CT molecular complexity index is 862. The lowest BCUT2D eigenvalue weighted by atomic mass is 9.84. The minimum Gasteiger partial charge on any atom is -0.493 e. The van der Waals surface area contributed by atoms with Gasteiger partial charge in [0.05, 0.1) is 13.2 Å². The third kappa shape index (κ3) is 2.81. The van der Waals surface area contributed by atoms with Crippen LogP contribution in [0.4, 0.5) is 5.69 Å². The fraction of sp³-hybridized carbons (Fsp3) is 0.350. The van der Waals surface area contributed by atoms with Gasteiger partial charge in [-0.1, -0.05) is 12.1 Å². The van der Waals surface area contributed by atoms with Crippen LogP contribution in [0.3, 0.4) is 0 Å². The van der Waals surface area contributed by atoms with Gasteiger partial charge in [-0.25, -0.2) is 0 Å². The molecule has 2 heterocycles. The number of anilines is 1. The quantitative estimate of drug-likeness (QED) is 0.906. The topological polar surface area (TPSA) is 66.0 Å². The number of fused-ring (bicyclic) bond motifs is 2. The summed E-state index contributed by atoms with van der Waals surface area (Å²) in [6.07, 6.45) is 0.313. The summed E-state index contributed by atoms with van der Waals surface area (Å²) in [6.45, 7) is 4.13. The third-order valence-electron chi connectivity index (χ3n) is 4.54. The first-order valence-corrected chi connectivity index (χ1v) is 8.63. The van der Waals surface area contributed by atoms with Crippen molar-refractivity contribution in [3.05, 3.63) is 41.5 Å². The molecule has 6 nitrogen and oxygen atoms in total. The average Bonchev–Trinajstić information content (AvgIpc) is 3.06. The van der Waals surface area contributed by atoms with Gasteiger partial charge >= 0.3 is 0 Å². The Labute approximate surface area is 152 Å². The van der Waals surface area contributed by atoms with Crippen molar-refractivity contribution in [1.29, 1.82) is 0 Å². The first-order valence-electron chi connectivity index (χ1n) is 8.63. The van der Waals surface area contributed by atoms with E-state index < -0.39 is 0 Å². The predicted octanol–water partition coefficient (Wildman–Crippen LogP) is 3.69. The van der Waals surface area contributed by atoms with Gasteiger partial charge in [0.1, 0.15) is 0 Å². The van der Waals surface area contributed by atoms with Crippen LogP contribution in [-0.4, -0.2) is 25.9 Å². The molecular weight excluding hydrogens is 334 g/mol. The Morgan fingerprint density at radius 3 is 2.65 bits per heavy atom. The van der Waals surface area contributed by atoms with Gasteiger partial charge < -0.3 is 24.3 Å². The highest BCUT2D eigenvalue weighted by Crippen LogP contribution is 2.48. The summed E-state index contributed by atoms with van der Waals surface area (Å²) in [5, 5.41) is 2.93. The van der Waals surface area contributed by atoms with Crippen LogP contribution < -0.4 is 24.3 Å². The molecule has 0 saturated heterocycles. The molecule has 2 aliphatic rings. The van der Waals surface area contributed by atoms with Gasteiger partial charge in [0.25, 0.3) is 0 Å². The smallest absolute Gasteiger partial charge is 0.231 e.